The van der Waals surface area contributed by atoms with Gasteiger partial charge in [-0.1, -0.05) is 12.1 Å². The van der Waals surface area contributed by atoms with E-state index in [0.29, 0.717) is 6.42 Å². The zero-order valence-electron chi connectivity index (χ0n) is 10.6. The SMILES string of the molecule is Cc1csc(CC(N)c2ccc(OC(F)(F)F)cc2)n1. The number of benzene rings is 1. The van der Waals surface area contributed by atoms with Crippen molar-refractivity contribution in [3.8, 4) is 5.75 Å². The zero-order valence-corrected chi connectivity index (χ0v) is 11.5. The predicted octanol–water partition coefficient (Wildman–Crippen LogP) is 3.59. The number of rotatable bonds is 4. The highest BCUT2D eigenvalue weighted by Gasteiger charge is 2.31. The van der Waals surface area contributed by atoms with Gasteiger partial charge in [-0.15, -0.1) is 24.5 Å². The second kappa shape index (κ2) is 5.80. The van der Waals surface area contributed by atoms with E-state index >= 15 is 0 Å². The fourth-order valence-electron chi connectivity index (χ4n) is 1.72. The second-order valence-electron chi connectivity index (χ2n) is 4.31. The summed E-state index contributed by atoms with van der Waals surface area (Å²) in [6.45, 7) is 1.90. The molecule has 0 aliphatic heterocycles. The molecule has 0 aliphatic carbocycles. The molecule has 3 nitrogen and oxygen atoms in total. The Balaban J connectivity index is 2.02. The lowest BCUT2D eigenvalue weighted by atomic mass is 10.1. The van der Waals surface area contributed by atoms with Gasteiger partial charge in [0.25, 0.3) is 0 Å². The number of hydrogen-bond acceptors (Lipinski definition) is 4. The average molecular weight is 302 g/mol. The number of thiazole rings is 1. The predicted molar refractivity (Wildman–Crippen MR) is 70.6 cm³/mol. The summed E-state index contributed by atoms with van der Waals surface area (Å²) in [6.07, 6.45) is -4.12. The van der Waals surface area contributed by atoms with Crippen LogP contribution < -0.4 is 10.5 Å². The van der Waals surface area contributed by atoms with E-state index in [4.69, 9.17) is 5.73 Å². The minimum atomic E-state index is -4.68. The quantitative estimate of drug-likeness (QED) is 0.939. The van der Waals surface area contributed by atoms with Gasteiger partial charge in [0.15, 0.2) is 0 Å². The van der Waals surface area contributed by atoms with E-state index in [0.717, 1.165) is 16.3 Å². The van der Waals surface area contributed by atoms with Crippen molar-refractivity contribution in [2.75, 3.05) is 0 Å². The van der Waals surface area contributed by atoms with E-state index in [2.05, 4.69) is 9.72 Å². The van der Waals surface area contributed by atoms with Crippen LogP contribution in [-0.2, 0) is 6.42 Å². The van der Waals surface area contributed by atoms with E-state index in [1.807, 2.05) is 12.3 Å². The van der Waals surface area contributed by atoms with Crippen LogP contribution in [0.2, 0.25) is 0 Å². The normalized spacial score (nSPS) is 13.2. The van der Waals surface area contributed by atoms with Gasteiger partial charge in [-0.2, -0.15) is 0 Å². The first kappa shape index (κ1) is 14.8. The van der Waals surface area contributed by atoms with Crippen molar-refractivity contribution < 1.29 is 17.9 Å². The molecule has 0 aliphatic rings. The Morgan fingerprint density at radius 3 is 2.45 bits per heavy atom. The topological polar surface area (TPSA) is 48.1 Å². The van der Waals surface area contributed by atoms with Crippen LogP contribution in [0.1, 0.15) is 22.3 Å². The third kappa shape index (κ3) is 4.21. The molecular formula is C13H13F3N2OS. The molecule has 2 rings (SSSR count). The second-order valence-corrected chi connectivity index (χ2v) is 5.25. The van der Waals surface area contributed by atoms with E-state index in [1.54, 1.807) is 0 Å². The molecule has 2 N–H and O–H groups in total. The van der Waals surface area contributed by atoms with E-state index in [9.17, 15) is 13.2 Å². The number of nitrogens with zero attached hydrogens (tertiary/aromatic N) is 1. The van der Waals surface area contributed by atoms with Gasteiger partial charge in [-0.25, -0.2) is 4.98 Å². The van der Waals surface area contributed by atoms with Gasteiger partial charge in [-0.05, 0) is 24.6 Å². The summed E-state index contributed by atoms with van der Waals surface area (Å²) < 4.78 is 39.9. The highest BCUT2D eigenvalue weighted by molar-refractivity contribution is 7.09. The van der Waals surface area contributed by atoms with E-state index in [-0.39, 0.29) is 11.8 Å². The van der Waals surface area contributed by atoms with E-state index in [1.165, 1.54) is 35.6 Å². The first-order chi connectivity index (χ1) is 9.33. The first-order valence-corrected chi connectivity index (χ1v) is 6.74. The fourth-order valence-corrected chi connectivity index (χ4v) is 2.55. The van der Waals surface area contributed by atoms with Crippen LogP contribution in [-0.4, -0.2) is 11.3 Å². The summed E-state index contributed by atoms with van der Waals surface area (Å²) in [5.41, 5.74) is 7.70. The summed E-state index contributed by atoms with van der Waals surface area (Å²) in [7, 11) is 0. The lowest BCUT2D eigenvalue weighted by molar-refractivity contribution is -0.274. The number of nitrogens with two attached hydrogens (primary N) is 1. The standard InChI is InChI=1S/C13H13F3N2OS/c1-8-7-20-12(18-8)6-11(17)9-2-4-10(5-3-9)19-13(14,15)16/h2-5,7,11H,6,17H2,1H3. The molecular weight excluding hydrogens is 289 g/mol. The van der Waals surface area contributed by atoms with Gasteiger partial charge in [0.2, 0.25) is 0 Å². The number of halogens is 3. The molecule has 1 aromatic carbocycles. The number of alkyl halides is 3. The summed E-state index contributed by atoms with van der Waals surface area (Å²) in [6, 6.07) is 5.28. The van der Waals surface area contributed by atoms with Crippen LogP contribution in [0.5, 0.6) is 5.75 Å². The third-order valence-corrected chi connectivity index (χ3v) is 3.59. The van der Waals surface area contributed by atoms with Crippen molar-refractivity contribution in [2.24, 2.45) is 5.73 Å². The molecule has 0 bridgehead atoms. The maximum absolute atomic E-state index is 12.0. The summed E-state index contributed by atoms with van der Waals surface area (Å²) >= 11 is 1.52. The van der Waals surface area contributed by atoms with Crippen molar-refractivity contribution >= 4 is 11.3 Å². The Morgan fingerprint density at radius 2 is 1.95 bits per heavy atom. The number of aromatic nitrogens is 1. The van der Waals surface area contributed by atoms with Crippen LogP contribution in [0.15, 0.2) is 29.6 Å². The minimum Gasteiger partial charge on any atom is -0.406 e. The fraction of sp³-hybridized carbons (Fsp3) is 0.308. The van der Waals surface area contributed by atoms with E-state index < -0.39 is 6.36 Å². The molecule has 0 spiro atoms. The average Bonchev–Trinajstić information content (AvgIpc) is 2.73. The van der Waals surface area contributed by atoms with Crippen LogP contribution in [0.4, 0.5) is 13.2 Å². The minimum absolute atomic E-state index is 0.251. The number of hydrogen-bond donors (Lipinski definition) is 1. The molecule has 7 heteroatoms. The zero-order chi connectivity index (χ0) is 14.8. The Hall–Kier alpha value is -1.60. The molecule has 1 unspecified atom stereocenters. The molecule has 1 aromatic heterocycles. The highest BCUT2D eigenvalue weighted by Crippen LogP contribution is 2.25. The van der Waals surface area contributed by atoms with Crippen LogP contribution in [0.25, 0.3) is 0 Å². The molecule has 0 saturated carbocycles. The van der Waals surface area contributed by atoms with Crippen molar-refractivity contribution in [3.05, 3.63) is 45.9 Å². The molecule has 20 heavy (non-hydrogen) atoms. The summed E-state index contributed by atoms with van der Waals surface area (Å²) in [5, 5.41) is 2.84. The molecule has 108 valence electrons. The Morgan fingerprint density at radius 1 is 1.30 bits per heavy atom. The van der Waals surface area contributed by atoms with Crippen LogP contribution in [0, 0.1) is 6.92 Å². The van der Waals surface area contributed by atoms with Crippen molar-refractivity contribution in [1.29, 1.82) is 0 Å². The first-order valence-electron chi connectivity index (χ1n) is 5.86. The molecule has 0 fully saturated rings. The van der Waals surface area contributed by atoms with Gasteiger partial charge < -0.3 is 10.5 Å². The highest BCUT2D eigenvalue weighted by atomic mass is 32.1. The maximum Gasteiger partial charge on any atom is 0.573 e. The molecule has 2 aromatic rings. The number of ether oxygens (including phenoxy) is 1. The van der Waals surface area contributed by atoms with Gasteiger partial charge in [0.05, 0.1) is 5.01 Å². The molecule has 1 atom stereocenters. The Labute approximate surface area is 118 Å². The van der Waals surface area contributed by atoms with Crippen LogP contribution >= 0.6 is 11.3 Å². The molecule has 0 amide bonds. The Kier molecular flexibility index (Phi) is 4.29. The van der Waals surface area contributed by atoms with Crippen molar-refractivity contribution in [2.45, 2.75) is 25.7 Å². The summed E-state index contributed by atoms with van der Waals surface area (Å²) in [5.74, 6) is -0.251. The van der Waals surface area contributed by atoms with Gasteiger partial charge in [0.1, 0.15) is 5.75 Å². The van der Waals surface area contributed by atoms with Crippen molar-refractivity contribution in [1.82, 2.24) is 4.98 Å². The molecule has 0 saturated heterocycles. The lowest BCUT2D eigenvalue weighted by Crippen LogP contribution is -2.17. The lowest BCUT2D eigenvalue weighted by Gasteiger charge is -2.12. The Bertz CT molecular complexity index is 566. The third-order valence-electron chi connectivity index (χ3n) is 2.60. The monoisotopic (exact) mass is 302 g/mol. The van der Waals surface area contributed by atoms with Gasteiger partial charge >= 0.3 is 6.36 Å². The van der Waals surface area contributed by atoms with Crippen molar-refractivity contribution in [3.63, 3.8) is 0 Å². The largest absolute Gasteiger partial charge is 0.573 e. The van der Waals surface area contributed by atoms with Gasteiger partial charge in [0, 0.05) is 23.5 Å². The number of aryl methyl sites for hydroxylation is 1. The molecule has 0 radical (unpaired) electrons. The van der Waals surface area contributed by atoms with Gasteiger partial charge in [-0.3, -0.25) is 0 Å². The maximum atomic E-state index is 12.0. The summed E-state index contributed by atoms with van der Waals surface area (Å²) in [4.78, 5) is 4.31. The van der Waals surface area contributed by atoms with Crippen LogP contribution in [0.3, 0.4) is 0 Å². The molecule has 1 heterocycles. The smallest absolute Gasteiger partial charge is 0.406 e.